The van der Waals surface area contributed by atoms with E-state index in [1.54, 1.807) is 6.07 Å². The Labute approximate surface area is 160 Å². The van der Waals surface area contributed by atoms with Gasteiger partial charge in [0, 0.05) is 11.3 Å². The number of rotatable bonds is 4. The topological polar surface area (TPSA) is 61.6 Å². The van der Waals surface area contributed by atoms with E-state index in [1.165, 1.54) is 23.3 Å². The van der Waals surface area contributed by atoms with Crippen molar-refractivity contribution < 1.29 is 13.2 Å². The number of nitrogens with one attached hydrogen (secondary N) is 2. The maximum atomic E-state index is 12.8. The minimum Gasteiger partial charge on any atom is -0.672 e. The van der Waals surface area contributed by atoms with Gasteiger partial charge in [-0.15, -0.1) is 6.54 Å². The van der Waals surface area contributed by atoms with Crippen LogP contribution in [0.5, 0.6) is 0 Å². The van der Waals surface area contributed by atoms with E-state index in [0.29, 0.717) is 22.9 Å². The van der Waals surface area contributed by atoms with Crippen LogP contribution in [0.25, 0.3) is 17.0 Å². The van der Waals surface area contributed by atoms with E-state index in [9.17, 15) is 13.2 Å². The molecule has 1 unspecified atom stereocenters. The summed E-state index contributed by atoms with van der Waals surface area (Å²) < 4.78 is 38.4. The molecule has 0 saturated heterocycles. The highest BCUT2D eigenvalue weighted by atomic mass is 19.4. The molecule has 1 aromatic heterocycles. The van der Waals surface area contributed by atoms with Crippen molar-refractivity contribution in [1.29, 1.82) is 0 Å². The van der Waals surface area contributed by atoms with Crippen molar-refractivity contribution in [2.75, 3.05) is 5.32 Å². The van der Waals surface area contributed by atoms with Crippen molar-refractivity contribution >= 4 is 5.95 Å². The quantitative estimate of drug-likeness (QED) is 0.618. The van der Waals surface area contributed by atoms with Crippen LogP contribution in [0, 0.1) is 0 Å². The molecule has 0 aliphatic heterocycles. The first-order valence-corrected chi connectivity index (χ1v) is 8.98. The fraction of sp³-hybridized carbons (Fsp3) is 0.238. The summed E-state index contributed by atoms with van der Waals surface area (Å²) in [7, 11) is 0. The number of hydrogen-bond acceptors (Lipinski definition) is 3. The molecule has 28 heavy (non-hydrogen) atoms. The summed E-state index contributed by atoms with van der Waals surface area (Å²) >= 11 is 0. The second-order valence-electron chi connectivity index (χ2n) is 6.75. The second kappa shape index (κ2) is 7.24. The highest BCUT2D eigenvalue weighted by molar-refractivity contribution is 5.61. The van der Waals surface area contributed by atoms with E-state index in [1.807, 2.05) is 12.1 Å². The zero-order valence-electron chi connectivity index (χ0n) is 14.9. The van der Waals surface area contributed by atoms with E-state index in [4.69, 9.17) is 5.73 Å². The molecule has 1 atom stereocenters. The average molecular weight is 383 g/mol. The molecule has 1 heterocycles. The largest absolute Gasteiger partial charge is 0.672 e. The fourth-order valence-corrected chi connectivity index (χ4v) is 3.49. The molecule has 2 N–H and O–H groups in total. The van der Waals surface area contributed by atoms with Gasteiger partial charge in [-0.2, -0.15) is 13.2 Å². The number of aromatic nitrogens is 2. The molecule has 4 rings (SSSR count). The van der Waals surface area contributed by atoms with Gasteiger partial charge >= 0.3 is 6.18 Å². The monoisotopic (exact) mass is 383 g/mol. The number of nitrogens with zero attached hydrogens (tertiary/aromatic N) is 2. The normalized spacial score (nSPS) is 16.1. The number of fused-ring (bicyclic) bond motifs is 1. The van der Waals surface area contributed by atoms with Gasteiger partial charge in [0.05, 0.1) is 17.3 Å². The van der Waals surface area contributed by atoms with Crippen molar-refractivity contribution in [1.82, 2.24) is 9.97 Å². The number of benzene rings is 2. The molecule has 2 aromatic carbocycles. The van der Waals surface area contributed by atoms with Crippen LogP contribution >= 0.6 is 0 Å². The van der Waals surface area contributed by atoms with E-state index < -0.39 is 11.7 Å². The first kappa shape index (κ1) is 18.4. The lowest BCUT2D eigenvalue weighted by Crippen LogP contribution is -2.11. The van der Waals surface area contributed by atoms with Crippen LogP contribution < -0.4 is 5.32 Å². The van der Waals surface area contributed by atoms with Gasteiger partial charge in [0.1, 0.15) is 0 Å². The predicted molar refractivity (Wildman–Crippen MR) is 102 cm³/mol. The maximum absolute atomic E-state index is 12.8. The van der Waals surface area contributed by atoms with Gasteiger partial charge in [0.2, 0.25) is 5.95 Å². The summed E-state index contributed by atoms with van der Waals surface area (Å²) in [6, 6.07) is 14.8. The first-order chi connectivity index (χ1) is 13.4. The molecule has 1 aliphatic rings. The molecule has 0 spiro atoms. The summed E-state index contributed by atoms with van der Waals surface area (Å²) in [6.45, 7) is -0.0356. The second-order valence-corrected chi connectivity index (χ2v) is 6.75. The Kier molecular flexibility index (Phi) is 4.77. The minimum atomic E-state index is -4.38. The Bertz CT molecular complexity index is 984. The van der Waals surface area contributed by atoms with E-state index in [-0.39, 0.29) is 12.6 Å². The zero-order valence-corrected chi connectivity index (χ0v) is 14.9. The van der Waals surface area contributed by atoms with E-state index in [2.05, 4.69) is 27.4 Å². The summed E-state index contributed by atoms with van der Waals surface area (Å²) in [5, 5.41) is 3.33. The molecule has 1 aliphatic carbocycles. The standard InChI is InChI=1S/C21H18F3N4/c22-21(23,24)15-8-5-14(6-9-15)19-11-16(12-25)26-20(28-19)27-18-10-7-13-3-1-2-4-17(13)18/h1-6,8-9,11,18,25H,7,10,12H2,(H,26,27,28)/q-1. The van der Waals surface area contributed by atoms with Crippen LogP contribution in [0.1, 0.15) is 34.8 Å². The molecular formula is C21H18F3N4-. The van der Waals surface area contributed by atoms with Crippen LogP contribution in [0.2, 0.25) is 0 Å². The lowest BCUT2D eigenvalue weighted by Gasteiger charge is -2.16. The Morgan fingerprint density at radius 3 is 2.50 bits per heavy atom. The molecule has 3 aromatic rings. The van der Waals surface area contributed by atoms with Gasteiger partial charge in [-0.25, -0.2) is 9.97 Å². The third-order valence-electron chi connectivity index (χ3n) is 4.90. The number of alkyl halides is 3. The van der Waals surface area contributed by atoms with Gasteiger partial charge in [-0.1, -0.05) is 36.4 Å². The van der Waals surface area contributed by atoms with Crippen LogP contribution in [0.3, 0.4) is 0 Å². The number of aryl methyl sites for hydroxylation is 1. The van der Waals surface area contributed by atoms with E-state index >= 15 is 0 Å². The van der Waals surface area contributed by atoms with Crippen LogP contribution in [0.4, 0.5) is 19.1 Å². The molecule has 7 heteroatoms. The molecule has 0 bridgehead atoms. The summed E-state index contributed by atoms with van der Waals surface area (Å²) in [5.41, 5.74) is 11.0. The third-order valence-corrected chi connectivity index (χ3v) is 4.90. The number of hydrogen-bond donors (Lipinski definition) is 1. The third kappa shape index (κ3) is 3.71. The van der Waals surface area contributed by atoms with Crippen LogP contribution in [0.15, 0.2) is 54.6 Å². The Balaban J connectivity index is 1.63. The van der Waals surface area contributed by atoms with Crippen molar-refractivity contribution in [3.63, 3.8) is 0 Å². The number of halogens is 3. The highest BCUT2D eigenvalue weighted by Crippen LogP contribution is 2.34. The number of anilines is 1. The van der Waals surface area contributed by atoms with Gasteiger partial charge in [-0.05, 0) is 42.2 Å². The van der Waals surface area contributed by atoms with Crippen LogP contribution in [-0.2, 0) is 19.1 Å². The van der Waals surface area contributed by atoms with E-state index in [0.717, 1.165) is 25.0 Å². The predicted octanol–water partition coefficient (Wildman–Crippen LogP) is 5.81. The van der Waals surface area contributed by atoms with Crippen molar-refractivity contribution in [3.05, 3.63) is 82.7 Å². The fourth-order valence-electron chi connectivity index (χ4n) is 3.49. The SMILES string of the molecule is [NH-]Cc1cc(-c2ccc(C(F)(F)F)cc2)nc(NC2CCc3ccccc32)n1. The van der Waals surface area contributed by atoms with Gasteiger partial charge < -0.3 is 11.1 Å². The molecule has 0 radical (unpaired) electrons. The summed E-state index contributed by atoms with van der Waals surface area (Å²) in [6.07, 6.45) is -2.49. The average Bonchev–Trinajstić information content (AvgIpc) is 3.10. The summed E-state index contributed by atoms with van der Waals surface area (Å²) in [5.74, 6) is 0.390. The summed E-state index contributed by atoms with van der Waals surface area (Å²) in [4.78, 5) is 8.87. The highest BCUT2D eigenvalue weighted by Gasteiger charge is 2.30. The van der Waals surface area contributed by atoms with Gasteiger partial charge in [0.15, 0.2) is 0 Å². The van der Waals surface area contributed by atoms with Crippen molar-refractivity contribution in [3.8, 4) is 11.3 Å². The lowest BCUT2D eigenvalue weighted by molar-refractivity contribution is -0.137. The molecular weight excluding hydrogens is 365 g/mol. The molecule has 0 amide bonds. The van der Waals surface area contributed by atoms with Crippen molar-refractivity contribution in [2.24, 2.45) is 0 Å². The maximum Gasteiger partial charge on any atom is 0.416 e. The minimum absolute atomic E-state index is 0.0356. The Hall–Kier alpha value is -2.93. The smallest absolute Gasteiger partial charge is 0.416 e. The van der Waals surface area contributed by atoms with Crippen molar-refractivity contribution in [2.45, 2.75) is 31.6 Å². The molecule has 4 nitrogen and oxygen atoms in total. The molecule has 0 fully saturated rings. The van der Waals surface area contributed by atoms with Crippen LogP contribution in [-0.4, -0.2) is 9.97 Å². The van der Waals surface area contributed by atoms with Gasteiger partial charge in [0.25, 0.3) is 0 Å². The Morgan fingerprint density at radius 1 is 1.04 bits per heavy atom. The molecule has 144 valence electrons. The molecule has 0 saturated carbocycles. The lowest BCUT2D eigenvalue weighted by atomic mass is 10.1. The Morgan fingerprint density at radius 2 is 1.79 bits per heavy atom. The zero-order chi connectivity index (χ0) is 19.7. The van der Waals surface area contributed by atoms with Gasteiger partial charge in [-0.3, -0.25) is 0 Å². The first-order valence-electron chi connectivity index (χ1n) is 8.98.